The maximum absolute atomic E-state index is 12.4. The molecule has 1 aromatic heterocycles. The standard InChI is InChI=1S/C21H20BrClN4OS/c1-3-12-27-20(16-4-8-17(22)9-5-16)25-26-21(27)29-13-19(28)24-14(2)15-6-10-18(23)11-7-15/h3-11,14H,1,12-13H2,2H3,(H,24,28). The van der Waals surface area contributed by atoms with Crippen LogP contribution in [-0.4, -0.2) is 26.4 Å². The molecular weight excluding hydrogens is 472 g/mol. The van der Waals surface area contributed by atoms with Gasteiger partial charge in [-0.3, -0.25) is 9.36 Å². The number of nitrogens with one attached hydrogen (secondary N) is 1. The number of carbonyl (C=O) groups is 1. The van der Waals surface area contributed by atoms with Crippen LogP contribution in [0.2, 0.25) is 5.02 Å². The lowest BCUT2D eigenvalue weighted by molar-refractivity contribution is -0.119. The summed E-state index contributed by atoms with van der Waals surface area (Å²) in [4.78, 5) is 12.4. The highest BCUT2D eigenvalue weighted by Crippen LogP contribution is 2.25. The first-order valence-electron chi connectivity index (χ1n) is 8.95. The predicted octanol–water partition coefficient (Wildman–Crippen LogP) is 5.52. The van der Waals surface area contributed by atoms with Gasteiger partial charge in [-0.1, -0.05) is 69.6 Å². The minimum atomic E-state index is -0.107. The van der Waals surface area contributed by atoms with Crippen LogP contribution in [0.5, 0.6) is 0 Å². The second-order valence-electron chi connectivity index (χ2n) is 6.34. The summed E-state index contributed by atoms with van der Waals surface area (Å²) >= 11 is 10.7. The minimum Gasteiger partial charge on any atom is -0.349 e. The van der Waals surface area contributed by atoms with Crippen molar-refractivity contribution in [1.82, 2.24) is 20.1 Å². The first-order valence-corrected chi connectivity index (χ1v) is 11.1. The van der Waals surface area contributed by atoms with E-state index in [1.54, 1.807) is 6.08 Å². The molecular formula is C21H20BrClN4OS. The fourth-order valence-corrected chi connectivity index (χ4v) is 3.90. The quantitative estimate of drug-likeness (QED) is 0.333. The smallest absolute Gasteiger partial charge is 0.230 e. The van der Waals surface area contributed by atoms with Crippen LogP contribution in [0, 0.1) is 0 Å². The van der Waals surface area contributed by atoms with E-state index >= 15 is 0 Å². The maximum atomic E-state index is 12.4. The average molecular weight is 492 g/mol. The van der Waals surface area contributed by atoms with Crippen LogP contribution >= 0.6 is 39.3 Å². The molecule has 8 heteroatoms. The van der Waals surface area contributed by atoms with Gasteiger partial charge in [-0.2, -0.15) is 0 Å². The van der Waals surface area contributed by atoms with Crippen molar-refractivity contribution in [2.24, 2.45) is 0 Å². The van der Waals surface area contributed by atoms with Gasteiger partial charge in [0.05, 0.1) is 11.8 Å². The van der Waals surface area contributed by atoms with Crippen LogP contribution in [0.3, 0.4) is 0 Å². The van der Waals surface area contributed by atoms with Gasteiger partial charge >= 0.3 is 0 Å². The molecule has 0 aliphatic carbocycles. The van der Waals surface area contributed by atoms with E-state index in [4.69, 9.17) is 11.6 Å². The third kappa shape index (κ3) is 5.72. The van der Waals surface area contributed by atoms with E-state index in [0.717, 1.165) is 21.4 Å². The van der Waals surface area contributed by atoms with Crippen LogP contribution in [0.25, 0.3) is 11.4 Å². The monoisotopic (exact) mass is 490 g/mol. The number of allylic oxidation sites excluding steroid dienone is 1. The van der Waals surface area contributed by atoms with Crippen molar-refractivity contribution >= 4 is 45.2 Å². The molecule has 5 nitrogen and oxygen atoms in total. The van der Waals surface area contributed by atoms with Gasteiger partial charge in [-0.05, 0) is 36.8 Å². The lowest BCUT2D eigenvalue weighted by Crippen LogP contribution is -2.28. The normalized spacial score (nSPS) is 11.8. The van der Waals surface area contributed by atoms with Crippen molar-refractivity contribution in [3.8, 4) is 11.4 Å². The van der Waals surface area contributed by atoms with E-state index < -0.39 is 0 Å². The van der Waals surface area contributed by atoms with Crippen LogP contribution in [0.1, 0.15) is 18.5 Å². The van der Waals surface area contributed by atoms with Gasteiger partial charge in [0.2, 0.25) is 5.91 Å². The number of amides is 1. The number of halogens is 2. The molecule has 0 spiro atoms. The first kappa shape index (κ1) is 21.6. The molecule has 29 heavy (non-hydrogen) atoms. The summed E-state index contributed by atoms with van der Waals surface area (Å²) in [7, 11) is 0. The molecule has 0 fully saturated rings. The predicted molar refractivity (Wildman–Crippen MR) is 122 cm³/mol. The second-order valence-corrected chi connectivity index (χ2v) is 8.64. The van der Waals surface area contributed by atoms with Crippen molar-refractivity contribution in [2.75, 3.05) is 5.75 Å². The largest absolute Gasteiger partial charge is 0.349 e. The van der Waals surface area contributed by atoms with E-state index in [1.807, 2.05) is 60.0 Å². The molecule has 0 aliphatic rings. The number of rotatable bonds is 8. The highest BCUT2D eigenvalue weighted by molar-refractivity contribution is 9.10. The van der Waals surface area contributed by atoms with Gasteiger partial charge in [0.15, 0.2) is 11.0 Å². The van der Waals surface area contributed by atoms with E-state index in [2.05, 4.69) is 38.0 Å². The zero-order valence-electron chi connectivity index (χ0n) is 15.8. The summed E-state index contributed by atoms with van der Waals surface area (Å²) in [5.74, 6) is 0.915. The number of hydrogen-bond acceptors (Lipinski definition) is 4. The van der Waals surface area contributed by atoms with E-state index in [-0.39, 0.29) is 17.7 Å². The van der Waals surface area contributed by atoms with Crippen LogP contribution in [0.4, 0.5) is 0 Å². The fourth-order valence-electron chi connectivity index (χ4n) is 2.75. The maximum Gasteiger partial charge on any atom is 0.230 e. The Kier molecular flexibility index (Phi) is 7.52. The third-order valence-corrected chi connectivity index (χ3v) is 5.96. The molecule has 0 bridgehead atoms. The van der Waals surface area contributed by atoms with E-state index in [9.17, 15) is 4.79 Å². The number of aromatic nitrogens is 3. The van der Waals surface area contributed by atoms with Crippen LogP contribution in [0.15, 0.2) is 70.8 Å². The summed E-state index contributed by atoms with van der Waals surface area (Å²) in [5.41, 5.74) is 1.95. The Bertz CT molecular complexity index is 989. The first-order chi connectivity index (χ1) is 14.0. The molecule has 150 valence electrons. The molecule has 0 radical (unpaired) electrons. The van der Waals surface area contributed by atoms with Gasteiger partial charge in [-0.15, -0.1) is 16.8 Å². The second kappa shape index (κ2) is 10.1. The molecule has 3 rings (SSSR count). The molecule has 2 aromatic carbocycles. The summed E-state index contributed by atoms with van der Waals surface area (Å²) in [6, 6.07) is 15.2. The topological polar surface area (TPSA) is 59.8 Å². The molecule has 1 amide bonds. The minimum absolute atomic E-state index is 0.0733. The van der Waals surface area contributed by atoms with Crippen molar-refractivity contribution in [3.63, 3.8) is 0 Å². The number of hydrogen-bond donors (Lipinski definition) is 1. The zero-order valence-corrected chi connectivity index (χ0v) is 19.0. The Morgan fingerprint density at radius 2 is 1.93 bits per heavy atom. The molecule has 1 heterocycles. The summed E-state index contributed by atoms with van der Waals surface area (Å²) in [6.07, 6.45) is 1.79. The van der Waals surface area contributed by atoms with Crippen molar-refractivity contribution in [2.45, 2.75) is 24.7 Å². The van der Waals surface area contributed by atoms with E-state index in [0.29, 0.717) is 16.7 Å². The van der Waals surface area contributed by atoms with Crippen molar-refractivity contribution < 1.29 is 4.79 Å². The highest BCUT2D eigenvalue weighted by Gasteiger charge is 2.16. The number of carbonyl (C=O) groups excluding carboxylic acids is 1. The van der Waals surface area contributed by atoms with Gasteiger partial charge < -0.3 is 5.32 Å². The van der Waals surface area contributed by atoms with Gasteiger partial charge in [0.25, 0.3) is 0 Å². The Balaban J connectivity index is 1.66. The molecule has 1 unspecified atom stereocenters. The summed E-state index contributed by atoms with van der Waals surface area (Å²) in [5, 5.41) is 12.9. The molecule has 0 saturated carbocycles. The Labute approximate surface area is 187 Å². The number of benzene rings is 2. The molecule has 1 N–H and O–H groups in total. The Morgan fingerprint density at radius 1 is 1.24 bits per heavy atom. The van der Waals surface area contributed by atoms with Gasteiger partial charge in [-0.25, -0.2) is 0 Å². The average Bonchev–Trinajstić information content (AvgIpc) is 3.10. The molecule has 0 aliphatic heterocycles. The van der Waals surface area contributed by atoms with E-state index in [1.165, 1.54) is 11.8 Å². The molecule has 1 atom stereocenters. The molecule has 3 aromatic rings. The third-order valence-electron chi connectivity index (χ3n) is 4.21. The van der Waals surface area contributed by atoms with Gasteiger partial charge in [0, 0.05) is 21.6 Å². The summed E-state index contributed by atoms with van der Waals surface area (Å²) < 4.78 is 2.95. The summed E-state index contributed by atoms with van der Waals surface area (Å²) in [6.45, 7) is 6.32. The SMILES string of the molecule is C=CCn1c(SCC(=O)NC(C)c2ccc(Cl)cc2)nnc1-c1ccc(Br)cc1. The van der Waals surface area contributed by atoms with Crippen molar-refractivity contribution in [1.29, 1.82) is 0 Å². The van der Waals surface area contributed by atoms with Crippen LogP contribution in [-0.2, 0) is 11.3 Å². The zero-order chi connectivity index (χ0) is 20.8. The lowest BCUT2D eigenvalue weighted by atomic mass is 10.1. The van der Waals surface area contributed by atoms with Crippen LogP contribution < -0.4 is 5.32 Å². The number of nitrogens with zero attached hydrogens (tertiary/aromatic N) is 3. The fraction of sp³-hybridized carbons (Fsp3) is 0.190. The Hall–Kier alpha value is -2.09. The molecule has 0 saturated heterocycles. The lowest BCUT2D eigenvalue weighted by Gasteiger charge is -2.14. The van der Waals surface area contributed by atoms with Gasteiger partial charge in [0.1, 0.15) is 0 Å². The number of thioether (sulfide) groups is 1. The highest BCUT2D eigenvalue weighted by atomic mass is 79.9. The van der Waals surface area contributed by atoms with Crippen molar-refractivity contribution in [3.05, 3.63) is 76.2 Å². The Morgan fingerprint density at radius 3 is 2.59 bits per heavy atom.